The van der Waals surface area contributed by atoms with Crippen molar-refractivity contribution in [3.05, 3.63) is 0 Å². The molecule has 2 nitrogen and oxygen atoms in total. The van der Waals surface area contributed by atoms with E-state index in [1.807, 2.05) is 0 Å². The van der Waals surface area contributed by atoms with Gasteiger partial charge in [0.05, 0.1) is 0 Å². The molecule has 3 heteroatoms. The molecule has 0 aromatic carbocycles. The molecule has 1 atom stereocenters. The molecule has 0 amide bonds. The Morgan fingerprint density at radius 1 is 0.800 bits per heavy atom. The molecule has 0 aliphatic heterocycles. The summed E-state index contributed by atoms with van der Waals surface area (Å²) in [6.07, 6.45) is 17.4. The predicted molar refractivity (Wildman–Crippen MR) is 92.5 cm³/mol. The van der Waals surface area contributed by atoms with E-state index in [2.05, 4.69) is 34.9 Å². The van der Waals surface area contributed by atoms with Crippen LogP contribution in [0.25, 0.3) is 0 Å². The van der Waals surface area contributed by atoms with Crippen LogP contribution < -0.4 is 5.73 Å². The van der Waals surface area contributed by atoms with Crippen molar-refractivity contribution in [3.63, 3.8) is 0 Å². The van der Waals surface area contributed by atoms with Gasteiger partial charge in [-0.25, -0.2) is 0 Å². The van der Waals surface area contributed by atoms with E-state index in [9.17, 15) is 0 Å². The summed E-state index contributed by atoms with van der Waals surface area (Å²) in [6.45, 7) is 4.51. The fraction of sp³-hybridized carbons (Fsp3) is 0.941. The van der Waals surface area contributed by atoms with Gasteiger partial charge in [-0.05, 0) is 0 Å². The second kappa shape index (κ2) is 15.4. The van der Waals surface area contributed by atoms with Crippen LogP contribution in [0.1, 0.15) is 97.3 Å². The maximum atomic E-state index is 5.67. The minimum absolute atomic E-state index is 0.445. The first-order valence-corrected chi connectivity index (χ1v) is 9.56. The molecular weight excluding hydrogens is 311 g/mol. The monoisotopic (exact) mass is 347 g/mol. The van der Waals surface area contributed by atoms with E-state index in [0.29, 0.717) is 10.8 Å². The second-order valence-electron chi connectivity index (χ2n) is 5.88. The number of nitrogens with two attached hydrogens (primary N) is 1. The molecule has 0 bridgehead atoms. The average molecular weight is 346 g/mol. The Kier molecular flexibility index (Phi) is 15.4. The standard InChI is InChI=1S/C17H35N2Se/c1-3-5-7-8-9-10-11-12-13-15-16(14-6-4-2)19-17(18)20/h16H,3-15H2,1-2H3,(H2,18,19). The maximum absolute atomic E-state index is 5.67. The molecule has 0 saturated heterocycles. The molecule has 0 aliphatic rings. The van der Waals surface area contributed by atoms with Gasteiger partial charge in [0.15, 0.2) is 0 Å². The molecule has 0 aromatic heterocycles. The van der Waals surface area contributed by atoms with Crippen LogP contribution in [0.15, 0.2) is 4.99 Å². The van der Waals surface area contributed by atoms with Crippen molar-refractivity contribution in [1.82, 2.24) is 0 Å². The summed E-state index contributed by atoms with van der Waals surface area (Å²) in [7, 11) is 0. The Morgan fingerprint density at radius 2 is 1.25 bits per heavy atom. The van der Waals surface area contributed by atoms with E-state index >= 15 is 0 Å². The van der Waals surface area contributed by atoms with Crippen molar-refractivity contribution in [2.75, 3.05) is 0 Å². The van der Waals surface area contributed by atoms with Crippen molar-refractivity contribution in [2.24, 2.45) is 10.7 Å². The Bertz CT molecular complexity index is 225. The van der Waals surface area contributed by atoms with Crippen molar-refractivity contribution < 1.29 is 0 Å². The van der Waals surface area contributed by atoms with Gasteiger partial charge in [-0.2, -0.15) is 0 Å². The van der Waals surface area contributed by atoms with Crippen LogP contribution in [0.2, 0.25) is 0 Å². The van der Waals surface area contributed by atoms with Gasteiger partial charge in [0.1, 0.15) is 0 Å². The van der Waals surface area contributed by atoms with Gasteiger partial charge in [0.2, 0.25) is 0 Å². The molecule has 0 rings (SSSR count). The predicted octanol–water partition coefficient (Wildman–Crippen LogP) is 4.95. The zero-order valence-electron chi connectivity index (χ0n) is 13.7. The first-order chi connectivity index (χ1) is 9.70. The molecule has 0 aliphatic carbocycles. The Hall–Kier alpha value is -0.0105. The van der Waals surface area contributed by atoms with Crippen molar-refractivity contribution in [1.29, 1.82) is 0 Å². The van der Waals surface area contributed by atoms with Crippen LogP contribution in [0.5, 0.6) is 0 Å². The van der Waals surface area contributed by atoms with Gasteiger partial charge < -0.3 is 0 Å². The summed E-state index contributed by atoms with van der Waals surface area (Å²) in [5.74, 6) is 0. The molecule has 2 N–H and O–H groups in total. The van der Waals surface area contributed by atoms with E-state index in [1.54, 1.807) is 0 Å². The molecule has 0 saturated carbocycles. The van der Waals surface area contributed by atoms with E-state index in [4.69, 9.17) is 5.73 Å². The molecule has 0 fully saturated rings. The fourth-order valence-electron chi connectivity index (χ4n) is 2.58. The summed E-state index contributed by atoms with van der Waals surface area (Å²) in [4.78, 5) is 4.52. The van der Waals surface area contributed by atoms with E-state index < -0.39 is 0 Å². The fourth-order valence-corrected chi connectivity index (χ4v) is 2.90. The molecule has 119 valence electrons. The molecule has 0 aromatic rings. The Morgan fingerprint density at radius 3 is 1.75 bits per heavy atom. The zero-order chi connectivity index (χ0) is 15.1. The number of aliphatic imine (C=N–C) groups is 1. The van der Waals surface area contributed by atoms with Crippen molar-refractivity contribution in [3.8, 4) is 0 Å². The van der Waals surface area contributed by atoms with Crippen LogP contribution >= 0.6 is 0 Å². The van der Waals surface area contributed by atoms with Gasteiger partial charge in [-0.15, -0.1) is 0 Å². The number of unbranched alkanes of at least 4 members (excludes halogenated alkanes) is 9. The molecule has 1 unspecified atom stereocenters. The third kappa shape index (κ3) is 14.4. The first kappa shape index (κ1) is 20.0. The second-order valence-corrected chi connectivity index (χ2v) is 6.76. The normalized spacial score (nSPS) is 13.6. The van der Waals surface area contributed by atoms with Crippen LogP contribution in [0, 0.1) is 0 Å². The quantitative estimate of drug-likeness (QED) is 0.205. The average Bonchev–Trinajstić information content (AvgIpc) is 2.42. The van der Waals surface area contributed by atoms with Crippen molar-refractivity contribution >= 4 is 20.7 Å². The topological polar surface area (TPSA) is 38.4 Å². The number of nitrogens with zero attached hydrogens (tertiary/aromatic N) is 1. The number of hydrogen-bond acceptors (Lipinski definition) is 1. The number of amidine groups is 1. The molecule has 0 spiro atoms. The van der Waals surface area contributed by atoms with E-state index in [1.165, 1.54) is 83.5 Å². The molecule has 1 radical (unpaired) electrons. The Labute approximate surface area is 135 Å². The van der Waals surface area contributed by atoms with Crippen LogP contribution in [0.3, 0.4) is 0 Å². The molecular formula is C17H35N2Se. The number of rotatable bonds is 14. The minimum atomic E-state index is 0.445. The zero-order valence-corrected chi connectivity index (χ0v) is 15.4. The Balaban J connectivity index is 3.50. The van der Waals surface area contributed by atoms with Crippen LogP contribution in [0.4, 0.5) is 0 Å². The van der Waals surface area contributed by atoms with Crippen LogP contribution in [-0.4, -0.2) is 26.8 Å². The van der Waals surface area contributed by atoms with Gasteiger partial charge in [-0.3, -0.25) is 0 Å². The number of hydrogen-bond donors (Lipinski definition) is 1. The van der Waals surface area contributed by atoms with Gasteiger partial charge in [0.25, 0.3) is 0 Å². The molecule has 0 heterocycles. The van der Waals surface area contributed by atoms with Crippen molar-refractivity contribution in [2.45, 2.75) is 103 Å². The summed E-state index contributed by atoms with van der Waals surface area (Å²) < 4.78 is 0.627. The summed E-state index contributed by atoms with van der Waals surface area (Å²) >= 11 is 2.81. The van der Waals surface area contributed by atoms with Crippen LogP contribution in [-0.2, 0) is 0 Å². The van der Waals surface area contributed by atoms with Gasteiger partial charge in [-0.1, -0.05) is 13.3 Å². The van der Waals surface area contributed by atoms with Gasteiger partial charge >= 0.3 is 121 Å². The summed E-state index contributed by atoms with van der Waals surface area (Å²) in [5, 5.41) is 0. The first-order valence-electron chi connectivity index (χ1n) is 8.71. The summed E-state index contributed by atoms with van der Waals surface area (Å²) in [6, 6.07) is 0.445. The van der Waals surface area contributed by atoms with E-state index in [0.717, 1.165) is 0 Å². The summed E-state index contributed by atoms with van der Waals surface area (Å²) in [5.41, 5.74) is 5.67. The SMILES string of the molecule is CCCCCCCCCCCC(CCCC)N=C(N)[Se]. The third-order valence-corrected chi connectivity index (χ3v) is 4.06. The molecule has 20 heavy (non-hydrogen) atoms. The van der Waals surface area contributed by atoms with E-state index in [-0.39, 0.29) is 0 Å². The third-order valence-electron chi connectivity index (χ3n) is 3.84. The van der Waals surface area contributed by atoms with Gasteiger partial charge in [0, 0.05) is 0 Å².